The van der Waals surface area contributed by atoms with E-state index in [9.17, 15) is 0 Å². The molecule has 0 bridgehead atoms. The average molecular weight is 272 g/mol. The van der Waals surface area contributed by atoms with E-state index in [2.05, 4.69) is 34.3 Å². The van der Waals surface area contributed by atoms with Crippen LogP contribution >= 0.6 is 0 Å². The molecule has 0 aromatic rings. The molecule has 112 valence electrons. The Balaban J connectivity index is 1.97. The summed E-state index contributed by atoms with van der Waals surface area (Å²) in [5, 5.41) is 0. The molecule has 0 heterocycles. The smallest absolute Gasteiger partial charge is 0.0113 e. The monoisotopic (exact) mass is 272 g/mol. The lowest BCUT2D eigenvalue weighted by Gasteiger charge is -2.59. The molecule has 2 spiro atoms. The first-order valence-electron chi connectivity index (χ1n) is 9.01. The molecule has 0 amide bonds. The van der Waals surface area contributed by atoms with Crippen LogP contribution in [0.1, 0.15) is 79.1 Å². The first-order valence-corrected chi connectivity index (χ1v) is 9.01. The molecule has 6 atom stereocenters. The quantitative estimate of drug-likeness (QED) is 0.476. The van der Waals surface area contributed by atoms with E-state index in [0.29, 0.717) is 21.7 Å². The Kier molecular flexibility index (Phi) is 2.38. The molecular weight excluding hydrogens is 240 g/mol. The van der Waals surface area contributed by atoms with Crippen LogP contribution < -0.4 is 0 Å². The number of rotatable bonds is 0. The van der Waals surface area contributed by atoms with Gasteiger partial charge in [0.1, 0.15) is 0 Å². The van der Waals surface area contributed by atoms with Crippen molar-refractivity contribution in [2.45, 2.75) is 79.1 Å². The third-order valence-corrected chi connectivity index (χ3v) is 9.27. The van der Waals surface area contributed by atoms with E-state index in [1.165, 1.54) is 51.4 Å². The van der Waals surface area contributed by atoms with Crippen LogP contribution in [0.25, 0.3) is 0 Å². The Hall–Kier alpha value is -0.260. The Bertz CT molecular complexity index is 476. The normalized spacial score (nSPS) is 61.3. The van der Waals surface area contributed by atoms with Crippen molar-refractivity contribution in [3.63, 3.8) is 0 Å². The molecule has 4 aliphatic rings. The minimum atomic E-state index is 0.562. The molecule has 20 heavy (non-hydrogen) atoms. The maximum atomic E-state index is 4.50. The molecule has 0 aromatic carbocycles. The summed E-state index contributed by atoms with van der Waals surface area (Å²) in [5.41, 5.74) is 3.99. The zero-order valence-corrected chi connectivity index (χ0v) is 14.0. The van der Waals surface area contributed by atoms with Crippen molar-refractivity contribution in [3.05, 3.63) is 12.2 Å². The van der Waals surface area contributed by atoms with Crippen LogP contribution in [0.5, 0.6) is 0 Å². The van der Waals surface area contributed by atoms with Gasteiger partial charge in [-0.05, 0) is 72.0 Å². The van der Waals surface area contributed by atoms with Crippen LogP contribution in [-0.2, 0) is 0 Å². The summed E-state index contributed by atoms with van der Waals surface area (Å²) in [4.78, 5) is 0. The van der Waals surface area contributed by atoms with Gasteiger partial charge in [0.15, 0.2) is 0 Å². The molecule has 4 saturated carbocycles. The molecule has 0 aliphatic heterocycles. The first-order chi connectivity index (χ1) is 9.33. The van der Waals surface area contributed by atoms with Gasteiger partial charge in [-0.1, -0.05) is 52.7 Å². The van der Waals surface area contributed by atoms with E-state index in [1.807, 2.05) is 0 Å². The zero-order chi connectivity index (χ0) is 14.4. The fourth-order valence-electron chi connectivity index (χ4n) is 8.57. The van der Waals surface area contributed by atoms with Crippen molar-refractivity contribution in [3.8, 4) is 0 Å². The number of allylic oxidation sites excluding steroid dienone is 1. The summed E-state index contributed by atoms with van der Waals surface area (Å²) in [5.74, 6) is 1.69. The lowest BCUT2D eigenvalue weighted by Crippen LogP contribution is -2.54. The molecule has 0 N–H and O–H groups in total. The Labute approximate surface area is 125 Å². The van der Waals surface area contributed by atoms with Crippen LogP contribution in [-0.4, -0.2) is 0 Å². The third-order valence-electron chi connectivity index (χ3n) is 9.27. The summed E-state index contributed by atoms with van der Waals surface area (Å²) >= 11 is 0. The molecule has 0 saturated heterocycles. The summed E-state index contributed by atoms with van der Waals surface area (Å²) in [6.07, 6.45) is 11.7. The molecular formula is C20H32. The molecule has 0 heteroatoms. The summed E-state index contributed by atoms with van der Waals surface area (Å²) in [6.45, 7) is 14.9. The van der Waals surface area contributed by atoms with Gasteiger partial charge in [0.05, 0.1) is 0 Å². The van der Waals surface area contributed by atoms with E-state index in [1.54, 1.807) is 5.57 Å². The zero-order valence-electron chi connectivity index (χ0n) is 14.0. The fraction of sp³-hybridized carbons (Fsp3) is 0.900. The first kappa shape index (κ1) is 13.4. The van der Waals surface area contributed by atoms with Crippen LogP contribution in [0.15, 0.2) is 12.2 Å². The Morgan fingerprint density at radius 2 is 1.55 bits per heavy atom. The number of hydrogen-bond acceptors (Lipinski definition) is 0. The maximum absolute atomic E-state index is 4.50. The minimum Gasteiger partial charge on any atom is -0.0995 e. The second-order valence-electron chi connectivity index (χ2n) is 9.41. The molecule has 4 rings (SSSR count). The van der Waals surface area contributed by atoms with Crippen molar-refractivity contribution in [1.82, 2.24) is 0 Å². The summed E-state index contributed by atoms with van der Waals surface area (Å²) < 4.78 is 0. The van der Waals surface area contributed by atoms with Gasteiger partial charge in [0, 0.05) is 0 Å². The highest BCUT2D eigenvalue weighted by Crippen LogP contribution is 2.86. The molecule has 0 aromatic heterocycles. The average Bonchev–Trinajstić information content (AvgIpc) is 2.88. The van der Waals surface area contributed by atoms with Crippen molar-refractivity contribution >= 4 is 0 Å². The standard InChI is InChI=1S/C20H32/c1-14-13-18(5)10-11-19-15(2)7-6-8-17(19,4)9-12-20(18,19)16(14)3/h15-16H,1,6-13H2,2-5H3. The van der Waals surface area contributed by atoms with E-state index < -0.39 is 0 Å². The van der Waals surface area contributed by atoms with Crippen LogP contribution in [0.2, 0.25) is 0 Å². The van der Waals surface area contributed by atoms with Gasteiger partial charge < -0.3 is 0 Å². The Morgan fingerprint density at radius 3 is 2.30 bits per heavy atom. The van der Waals surface area contributed by atoms with E-state index in [4.69, 9.17) is 0 Å². The highest BCUT2D eigenvalue weighted by atomic mass is 14.8. The van der Waals surface area contributed by atoms with Crippen molar-refractivity contribution in [1.29, 1.82) is 0 Å². The van der Waals surface area contributed by atoms with Gasteiger partial charge in [-0.2, -0.15) is 0 Å². The summed E-state index contributed by atoms with van der Waals surface area (Å²) in [7, 11) is 0. The second-order valence-corrected chi connectivity index (χ2v) is 9.41. The largest absolute Gasteiger partial charge is 0.0995 e. The predicted octanol–water partition coefficient (Wildman–Crippen LogP) is 5.98. The van der Waals surface area contributed by atoms with Crippen LogP contribution in [0.3, 0.4) is 0 Å². The van der Waals surface area contributed by atoms with E-state index >= 15 is 0 Å². The molecule has 0 radical (unpaired) electrons. The SMILES string of the molecule is C=C1CC2(C)CCC34C(C)CCCC3(C)CCC24C1C. The highest BCUT2D eigenvalue weighted by molar-refractivity contribution is 5.34. The minimum absolute atomic E-state index is 0.562. The lowest BCUT2D eigenvalue weighted by molar-refractivity contribution is -0.116. The fourth-order valence-corrected chi connectivity index (χ4v) is 8.57. The topological polar surface area (TPSA) is 0 Å². The van der Waals surface area contributed by atoms with E-state index in [-0.39, 0.29) is 0 Å². The van der Waals surface area contributed by atoms with Gasteiger partial charge in [-0.3, -0.25) is 0 Å². The number of hydrogen-bond donors (Lipinski definition) is 0. The van der Waals surface area contributed by atoms with Crippen molar-refractivity contribution in [2.24, 2.45) is 33.5 Å². The molecule has 6 unspecified atom stereocenters. The van der Waals surface area contributed by atoms with Crippen LogP contribution in [0.4, 0.5) is 0 Å². The third kappa shape index (κ3) is 1.05. The van der Waals surface area contributed by atoms with Gasteiger partial charge >= 0.3 is 0 Å². The van der Waals surface area contributed by atoms with E-state index in [0.717, 1.165) is 11.8 Å². The van der Waals surface area contributed by atoms with Gasteiger partial charge in [0.25, 0.3) is 0 Å². The highest BCUT2D eigenvalue weighted by Gasteiger charge is 2.78. The van der Waals surface area contributed by atoms with Crippen molar-refractivity contribution < 1.29 is 0 Å². The van der Waals surface area contributed by atoms with Gasteiger partial charge in [0.2, 0.25) is 0 Å². The van der Waals surface area contributed by atoms with Crippen LogP contribution in [0, 0.1) is 33.5 Å². The second kappa shape index (κ2) is 3.55. The summed E-state index contributed by atoms with van der Waals surface area (Å²) in [6, 6.07) is 0. The molecule has 4 aliphatic carbocycles. The Morgan fingerprint density at radius 1 is 0.900 bits per heavy atom. The van der Waals surface area contributed by atoms with Gasteiger partial charge in [-0.15, -0.1) is 0 Å². The van der Waals surface area contributed by atoms with Crippen molar-refractivity contribution in [2.75, 3.05) is 0 Å². The van der Waals surface area contributed by atoms with Gasteiger partial charge in [-0.25, -0.2) is 0 Å². The maximum Gasteiger partial charge on any atom is -0.0113 e. The lowest BCUT2D eigenvalue weighted by atomic mass is 9.44. The molecule has 0 nitrogen and oxygen atoms in total. The molecule has 4 fully saturated rings. The predicted molar refractivity (Wildman–Crippen MR) is 85.5 cm³/mol.